The van der Waals surface area contributed by atoms with Gasteiger partial charge in [0.2, 0.25) is 0 Å². The Morgan fingerprint density at radius 3 is 2.34 bits per heavy atom. The summed E-state index contributed by atoms with van der Waals surface area (Å²) in [5.74, 6) is 3.02. The van der Waals surface area contributed by atoms with Gasteiger partial charge in [0.25, 0.3) is 5.56 Å². The van der Waals surface area contributed by atoms with E-state index < -0.39 is 29.6 Å². The number of aromatic amines is 1. The molecule has 0 spiro atoms. The van der Waals surface area contributed by atoms with Crippen molar-refractivity contribution in [2.24, 2.45) is 0 Å². The van der Waals surface area contributed by atoms with Gasteiger partial charge in [-0.3, -0.25) is 28.4 Å². The molecule has 3 aromatic carbocycles. The van der Waals surface area contributed by atoms with Crippen molar-refractivity contribution in [1.82, 2.24) is 19.1 Å². The van der Waals surface area contributed by atoms with Gasteiger partial charge in [0.15, 0.2) is 0 Å². The molecule has 2 atom stereocenters. The van der Waals surface area contributed by atoms with Crippen LogP contribution in [0.2, 0.25) is 0 Å². The second-order valence-corrected chi connectivity index (χ2v) is 14.6. The average Bonchev–Trinajstić information content (AvgIpc) is 3.09. The lowest BCUT2D eigenvalue weighted by molar-refractivity contribution is -0.0546. The Morgan fingerprint density at radius 2 is 1.68 bits per heavy atom. The molecule has 1 aliphatic rings. The molecule has 0 aliphatic carbocycles. The first-order valence-corrected chi connectivity index (χ1v) is 18.2. The second-order valence-electron chi connectivity index (χ2n) is 11.5. The number of nitrogens with one attached hydrogen (secondary N) is 1. The van der Waals surface area contributed by atoms with Crippen molar-refractivity contribution < 1.29 is 13.8 Å². The summed E-state index contributed by atoms with van der Waals surface area (Å²) < 4.78 is 28.5. The number of aromatic nitrogens is 2. The van der Waals surface area contributed by atoms with E-state index in [1.807, 2.05) is 60.7 Å². The number of benzene rings is 3. The molecule has 1 aliphatic heterocycles. The van der Waals surface area contributed by atoms with Crippen LogP contribution < -0.4 is 11.2 Å². The van der Waals surface area contributed by atoms with Crippen LogP contribution in [0.1, 0.15) is 48.4 Å². The highest BCUT2D eigenvalue weighted by molar-refractivity contribution is 7.83. The van der Waals surface area contributed by atoms with Crippen LogP contribution in [0.15, 0.2) is 101 Å². The predicted molar refractivity (Wildman–Crippen MR) is 186 cm³/mol. The van der Waals surface area contributed by atoms with E-state index in [-0.39, 0.29) is 6.73 Å². The molecule has 2 unspecified atom stereocenters. The van der Waals surface area contributed by atoms with Crippen molar-refractivity contribution in [2.45, 2.75) is 44.6 Å². The van der Waals surface area contributed by atoms with Crippen LogP contribution in [-0.2, 0) is 19.2 Å². The third kappa shape index (κ3) is 7.33. The summed E-state index contributed by atoms with van der Waals surface area (Å²) in [6.07, 6.45) is 4.20. The summed E-state index contributed by atoms with van der Waals surface area (Å²) in [5, 5.41) is 0. The Morgan fingerprint density at radius 1 is 1.04 bits per heavy atom. The highest BCUT2D eigenvalue weighted by Gasteiger charge is 2.49. The molecule has 2 heterocycles. The van der Waals surface area contributed by atoms with Gasteiger partial charge in [0.1, 0.15) is 6.73 Å². The summed E-state index contributed by atoms with van der Waals surface area (Å²) in [6, 6.07) is 30.2. The van der Waals surface area contributed by atoms with Crippen LogP contribution in [-0.4, -0.2) is 58.7 Å². The van der Waals surface area contributed by atoms with Crippen molar-refractivity contribution in [1.29, 1.82) is 0 Å². The SMILES string of the molecule is CCCCC#CN(C)P(=O)(Cl)OCN1CCOCC1C(c1ccccc1)(c1ccccc1)c1ccccc1-n1cc(C)c(=O)[nH]c1=O. The molecule has 1 N–H and O–H groups in total. The number of morpholine rings is 1. The number of ether oxygens (including phenoxy) is 1. The van der Waals surface area contributed by atoms with E-state index in [0.717, 1.165) is 29.5 Å². The van der Waals surface area contributed by atoms with Gasteiger partial charge in [0, 0.05) is 37.8 Å². The number of rotatable bonds is 11. The van der Waals surface area contributed by atoms with Gasteiger partial charge >= 0.3 is 12.6 Å². The van der Waals surface area contributed by atoms with E-state index in [4.69, 9.17) is 20.5 Å². The van der Waals surface area contributed by atoms with Gasteiger partial charge in [-0.1, -0.05) is 98.1 Å². The molecule has 1 saturated heterocycles. The second kappa shape index (κ2) is 15.3. The quantitative estimate of drug-likeness (QED) is 0.0659. The van der Waals surface area contributed by atoms with E-state index in [1.165, 1.54) is 9.24 Å². The number of para-hydroxylation sites is 1. The highest BCUT2D eigenvalue weighted by atomic mass is 35.7. The standard InChI is InChI=1S/C36H40ClN4O5P/c1-4-5-6-15-22-39(3)47(37,44)46-27-40-23-24-45-26-33(40)36(29-16-9-7-10-17-29,30-18-11-8-12-19-30)31-20-13-14-21-32(31)41-25-28(2)34(42)38-35(41)43/h7-14,16-21,25,33H,4-6,23-24,26-27H2,1-3H3,(H,38,42,43). The van der Waals surface area contributed by atoms with E-state index in [2.05, 4.69) is 53.0 Å². The third-order valence-corrected chi connectivity index (χ3v) is 10.8. The van der Waals surface area contributed by atoms with Gasteiger partial charge in [0.05, 0.1) is 30.4 Å². The first kappa shape index (κ1) is 34.4. The number of hydrogen-bond donors (Lipinski definition) is 1. The minimum absolute atomic E-state index is 0.0585. The van der Waals surface area contributed by atoms with Gasteiger partial charge < -0.3 is 4.74 Å². The van der Waals surface area contributed by atoms with E-state index in [9.17, 15) is 14.2 Å². The Bertz CT molecular complexity index is 1850. The molecule has 11 heteroatoms. The largest absolute Gasteiger partial charge is 0.395 e. The lowest BCUT2D eigenvalue weighted by Gasteiger charge is -2.49. The smallest absolute Gasteiger partial charge is 0.378 e. The molecule has 0 radical (unpaired) electrons. The summed E-state index contributed by atoms with van der Waals surface area (Å²) >= 11 is 6.51. The zero-order valence-electron chi connectivity index (χ0n) is 26.9. The fourth-order valence-corrected chi connectivity index (χ4v) is 7.02. The maximum Gasteiger partial charge on any atom is 0.395 e. The first-order valence-electron chi connectivity index (χ1n) is 15.7. The number of nitrogens with zero attached hydrogens (tertiary/aromatic N) is 3. The number of halogens is 1. The Hall–Kier alpha value is -3.90. The van der Waals surface area contributed by atoms with Crippen molar-refractivity contribution >= 4 is 18.1 Å². The maximum atomic E-state index is 13.6. The molecular weight excluding hydrogens is 635 g/mol. The van der Waals surface area contributed by atoms with Crippen LogP contribution in [0.3, 0.4) is 0 Å². The van der Waals surface area contributed by atoms with Crippen LogP contribution in [0, 0.1) is 18.9 Å². The monoisotopic (exact) mass is 674 g/mol. The first-order chi connectivity index (χ1) is 22.7. The molecule has 47 heavy (non-hydrogen) atoms. The number of unbranched alkanes of at least 4 members (excludes halogenated alkanes) is 2. The van der Waals surface area contributed by atoms with Crippen LogP contribution >= 0.6 is 18.1 Å². The van der Waals surface area contributed by atoms with E-state index >= 15 is 0 Å². The van der Waals surface area contributed by atoms with Crippen molar-refractivity contribution in [2.75, 3.05) is 33.5 Å². The molecule has 9 nitrogen and oxygen atoms in total. The summed E-state index contributed by atoms with van der Waals surface area (Å²) in [6.45, 7) is 1.09. The van der Waals surface area contributed by atoms with Gasteiger partial charge in [-0.2, -0.15) is 0 Å². The number of H-pyrrole nitrogens is 1. The molecule has 246 valence electrons. The minimum Gasteiger partial charge on any atom is -0.378 e. The lowest BCUT2D eigenvalue weighted by Crippen LogP contribution is -2.58. The maximum absolute atomic E-state index is 13.6. The van der Waals surface area contributed by atoms with Crippen LogP contribution in [0.25, 0.3) is 5.69 Å². The minimum atomic E-state index is -3.80. The van der Waals surface area contributed by atoms with Gasteiger partial charge in [-0.15, -0.1) is 0 Å². The fraction of sp³-hybridized carbons (Fsp3) is 0.333. The Kier molecular flexibility index (Phi) is 11.2. The molecule has 0 amide bonds. The van der Waals surface area contributed by atoms with E-state index in [0.29, 0.717) is 37.4 Å². The third-order valence-electron chi connectivity index (χ3n) is 8.54. The zero-order valence-corrected chi connectivity index (χ0v) is 28.5. The normalized spacial score (nSPS) is 16.6. The lowest BCUT2D eigenvalue weighted by atomic mass is 9.63. The van der Waals surface area contributed by atoms with Crippen LogP contribution in [0.4, 0.5) is 0 Å². The van der Waals surface area contributed by atoms with Gasteiger partial charge in [-0.25, -0.2) is 9.36 Å². The predicted octanol–water partition coefficient (Wildman–Crippen LogP) is 6.27. The highest BCUT2D eigenvalue weighted by Crippen LogP contribution is 2.55. The summed E-state index contributed by atoms with van der Waals surface area (Å²) in [5.41, 5.74) is 1.77. The topological polar surface area (TPSA) is 96.9 Å². The molecule has 0 bridgehead atoms. The fourth-order valence-electron chi connectivity index (χ4n) is 6.13. The van der Waals surface area contributed by atoms with Crippen molar-refractivity contribution in [3.63, 3.8) is 0 Å². The molecule has 1 aromatic heterocycles. The summed E-state index contributed by atoms with van der Waals surface area (Å²) in [7, 11) is 1.57. The van der Waals surface area contributed by atoms with E-state index in [1.54, 1.807) is 20.2 Å². The molecule has 4 aromatic rings. The molecule has 5 rings (SSSR count). The van der Waals surface area contributed by atoms with Crippen molar-refractivity contribution in [3.8, 4) is 17.7 Å². The average molecular weight is 675 g/mol. The molecular formula is C36H40ClN4O5P. The Balaban J connectivity index is 1.70. The van der Waals surface area contributed by atoms with Crippen LogP contribution in [0.5, 0.6) is 0 Å². The summed E-state index contributed by atoms with van der Waals surface area (Å²) in [4.78, 5) is 30.3. The van der Waals surface area contributed by atoms with Gasteiger partial charge in [-0.05, 0) is 47.3 Å². The zero-order chi connectivity index (χ0) is 33.4. The molecule has 0 saturated carbocycles. The van der Waals surface area contributed by atoms with Crippen molar-refractivity contribution in [3.05, 3.63) is 134 Å². The number of aryl methyl sites for hydroxylation is 1. The number of hydrogen-bond acceptors (Lipinski definition) is 6. The molecule has 1 fully saturated rings. The Labute approximate surface area is 280 Å².